The van der Waals surface area contributed by atoms with Crippen molar-refractivity contribution in [1.82, 2.24) is 24.7 Å². The molecule has 0 aromatic carbocycles. The number of hydrogen-bond acceptors (Lipinski definition) is 9. The van der Waals surface area contributed by atoms with Gasteiger partial charge in [-0.1, -0.05) is 0 Å². The third kappa shape index (κ3) is 3.83. The Morgan fingerprint density at radius 2 is 2.11 bits per heavy atom. The predicted molar refractivity (Wildman–Crippen MR) is 71.9 cm³/mol. The van der Waals surface area contributed by atoms with Gasteiger partial charge in [-0.05, 0) is 10.8 Å². The first kappa shape index (κ1) is 13.6. The topological polar surface area (TPSA) is 87.3 Å². The molecule has 0 spiro atoms. The van der Waals surface area contributed by atoms with Crippen LogP contribution in [0.4, 0.5) is 0 Å². The van der Waals surface area contributed by atoms with Gasteiger partial charge in [0.15, 0.2) is 5.82 Å². The summed E-state index contributed by atoms with van der Waals surface area (Å²) < 4.78 is 15.3. The van der Waals surface area contributed by atoms with Crippen LogP contribution in [0.1, 0.15) is 0 Å². The van der Waals surface area contributed by atoms with E-state index in [-0.39, 0.29) is 6.08 Å². The Hall–Kier alpha value is -1.81. The first-order valence-electron chi connectivity index (χ1n) is 5.00. The van der Waals surface area contributed by atoms with Gasteiger partial charge in [-0.25, -0.2) is 19.6 Å². The molecular formula is C9H10N6O2S2. The summed E-state index contributed by atoms with van der Waals surface area (Å²) in [5.74, 6) is 0.637. The Balaban J connectivity index is 2.02. The van der Waals surface area contributed by atoms with Gasteiger partial charge in [0.1, 0.15) is 24.0 Å². The Bertz CT molecular complexity index is 541. The van der Waals surface area contributed by atoms with Crippen LogP contribution < -0.4 is 0 Å². The van der Waals surface area contributed by atoms with Crippen molar-refractivity contribution >= 4 is 27.9 Å². The lowest BCUT2D eigenvalue weighted by Gasteiger charge is -2.02. The molecule has 0 unspecified atom stereocenters. The van der Waals surface area contributed by atoms with E-state index in [2.05, 4.69) is 24.4 Å². The molecule has 0 bridgehead atoms. The summed E-state index contributed by atoms with van der Waals surface area (Å²) in [6.45, 7) is 0. The van der Waals surface area contributed by atoms with E-state index in [0.717, 1.165) is 5.03 Å². The number of hydrogen-bond donors (Lipinski definition) is 0. The molecule has 0 aliphatic carbocycles. The SMILES string of the molecule is COC(=NSSc1cc(-n2cncn2)ncn1)OC. The van der Waals surface area contributed by atoms with Gasteiger partial charge in [0.2, 0.25) is 0 Å². The highest BCUT2D eigenvalue weighted by atomic mass is 33.1. The van der Waals surface area contributed by atoms with Crippen molar-refractivity contribution in [3.63, 3.8) is 0 Å². The summed E-state index contributed by atoms with van der Waals surface area (Å²) in [6.07, 6.45) is 4.66. The van der Waals surface area contributed by atoms with E-state index in [9.17, 15) is 0 Å². The fraction of sp³-hybridized carbons (Fsp3) is 0.222. The number of aromatic nitrogens is 5. The van der Waals surface area contributed by atoms with Gasteiger partial charge in [0.25, 0.3) is 0 Å². The average Bonchev–Trinajstić information content (AvgIpc) is 2.98. The first-order valence-corrected chi connectivity index (χ1v) is 7.11. The molecule has 100 valence electrons. The van der Waals surface area contributed by atoms with E-state index in [0.29, 0.717) is 5.82 Å². The third-order valence-corrected chi connectivity index (χ3v) is 3.52. The fourth-order valence-electron chi connectivity index (χ4n) is 1.07. The highest BCUT2D eigenvalue weighted by Crippen LogP contribution is 2.30. The van der Waals surface area contributed by atoms with Crippen molar-refractivity contribution in [2.24, 2.45) is 4.40 Å². The second-order valence-corrected chi connectivity index (χ2v) is 4.84. The molecule has 0 saturated carbocycles. The molecule has 2 aromatic rings. The second kappa shape index (κ2) is 6.95. The molecule has 0 fully saturated rings. The maximum atomic E-state index is 4.86. The minimum atomic E-state index is 0.197. The summed E-state index contributed by atoms with van der Waals surface area (Å²) in [5, 5.41) is 4.73. The lowest BCUT2D eigenvalue weighted by molar-refractivity contribution is 0.245. The van der Waals surface area contributed by atoms with Crippen LogP contribution in [0.15, 0.2) is 34.5 Å². The van der Waals surface area contributed by atoms with Crippen LogP contribution in [0, 0.1) is 0 Å². The number of ether oxygens (including phenoxy) is 2. The lowest BCUT2D eigenvalue weighted by atomic mass is 10.6. The molecular weight excluding hydrogens is 288 g/mol. The average molecular weight is 298 g/mol. The summed E-state index contributed by atoms with van der Waals surface area (Å²) in [4.78, 5) is 12.1. The van der Waals surface area contributed by atoms with Crippen LogP contribution in [0.2, 0.25) is 0 Å². The van der Waals surface area contributed by atoms with Crippen molar-refractivity contribution in [1.29, 1.82) is 0 Å². The van der Waals surface area contributed by atoms with E-state index in [1.807, 2.05) is 0 Å². The molecule has 0 amide bonds. The van der Waals surface area contributed by atoms with Gasteiger partial charge < -0.3 is 9.47 Å². The van der Waals surface area contributed by atoms with Gasteiger partial charge in [0.05, 0.1) is 25.2 Å². The Morgan fingerprint density at radius 1 is 1.26 bits per heavy atom. The summed E-state index contributed by atoms with van der Waals surface area (Å²) in [6, 6.07) is 1.78. The van der Waals surface area contributed by atoms with Crippen LogP contribution in [0.3, 0.4) is 0 Å². The standard InChI is InChI=1S/C9H10N6O2S2/c1-16-9(17-2)14-19-18-8-3-7(11-5-12-8)15-6-10-4-13-15/h3-6H,1-2H3. The predicted octanol–water partition coefficient (Wildman–Crippen LogP) is 1.36. The normalized spacial score (nSPS) is 10.0. The molecule has 19 heavy (non-hydrogen) atoms. The Kier molecular flexibility index (Phi) is 4.98. The van der Waals surface area contributed by atoms with Crippen LogP contribution in [-0.2, 0) is 9.47 Å². The molecule has 0 aliphatic rings. The van der Waals surface area contributed by atoms with E-state index in [4.69, 9.17) is 9.47 Å². The summed E-state index contributed by atoms with van der Waals surface area (Å²) in [5.41, 5.74) is 0. The molecule has 2 aromatic heterocycles. The summed E-state index contributed by atoms with van der Waals surface area (Å²) >= 11 is 0. The zero-order valence-corrected chi connectivity index (χ0v) is 11.8. The molecule has 10 heteroatoms. The largest absolute Gasteiger partial charge is 0.453 e. The summed E-state index contributed by atoms with van der Waals surface area (Å²) in [7, 11) is 5.51. The molecule has 8 nitrogen and oxygen atoms in total. The molecule has 0 N–H and O–H groups in total. The van der Waals surface area contributed by atoms with Gasteiger partial charge in [-0.15, -0.1) is 4.40 Å². The molecule has 2 heterocycles. The quantitative estimate of drug-likeness (QED) is 0.275. The third-order valence-electron chi connectivity index (χ3n) is 1.86. The number of rotatable bonds is 4. The van der Waals surface area contributed by atoms with Crippen molar-refractivity contribution in [3.8, 4) is 5.82 Å². The number of nitrogens with zero attached hydrogens (tertiary/aromatic N) is 6. The Morgan fingerprint density at radius 3 is 2.79 bits per heavy atom. The lowest BCUT2D eigenvalue weighted by Crippen LogP contribution is -2.01. The van der Waals surface area contributed by atoms with Crippen molar-refractivity contribution in [2.75, 3.05) is 14.2 Å². The van der Waals surface area contributed by atoms with Crippen LogP contribution >= 0.6 is 21.8 Å². The van der Waals surface area contributed by atoms with E-state index in [1.54, 1.807) is 17.1 Å². The fourth-order valence-corrected chi connectivity index (χ4v) is 2.44. The molecule has 0 saturated heterocycles. The highest BCUT2D eigenvalue weighted by Gasteiger charge is 2.03. The number of methoxy groups -OCH3 is 2. The van der Waals surface area contributed by atoms with Gasteiger partial charge in [0, 0.05) is 6.07 Å². The molecule has 2 rings (SSSR count). The monoisotopic (exact) mass is 298 g/mol. The Labute approximate surface area is 117 Å². The van der Waals surface area contributed by atoms with Crippen molar-refractivity contribution in [2.45, 2.75) is 5.03 Å². The van der Waals surface area contributed by atoms with Crippen LogP contribution in [-0.4, -0.2) is 45.0 Å². The van der Waals surface area contributed by atoms with Gasteiger partial charge in [-0.3, -0.25) is 0 Å². The van der Waals surface area contributed by atoms with Gasteiger partial charge in [-0.2, -0.15) is 5.10 Å². The van der Waals surface area contributed by atoms with Crippen molar-refractivity contribution in [3.05, 3.63) is 25.0 Å². The molecule has 0 radical (unpaired) electrons. The minimum Gasteiger partial charge on any atom is -0.453 e. The van der Waals surface area contributed by atoms with Gasteiger partial charge >= 0.3 is 6.08 Å². The zero-order chi connectivity index (χ0) is 13.5. The van der Waals surface area contributed by atoms with Crippen LogP contribution in [0.25, 0.3) is 5.82 Å². The maximum absolute atomic E-state index is 4.86. The maximum Gasteiger partial charge on any atom is 0.395 e. The second-order valence-electron chi connectivity index (χ2n) is 2.98. The highest BCUT2D eigenvalue weighted by molar-refractivity contribution is 8.76. The van der Waals surface area contributed by atoms with E-state index in [1.165, 1.54) is 48.6 Å². The first-order chi connectivity index (χ1) is 9.33. The smallest absolute Gasteiger partial charge is 0.395 e. The van der Waals surface area contributed by atoms with Crippen LogP contribution in [0.5, 0.6) is 0 Å². The minimum absolute atomic E-state index is 0.197. The van der Waals surface area contributed by atoms with E-state index < -0.39 is 0 Å². The van der Waals surface area contributed by atoms with E-state index >= 15 is 0 Å². The zero-order valence-electron chi connectivity index (χ0n) is 10.1. The molecule has 0 atom stereocenters. The molecule has 0 aliphatic heterocycles. The van der Waals surface area contributed by atoms with Crippen molar-refractivity contribution < 1.29 is 9.47 Å².